The second kappa shape index (κ2) is 7.77. The monoisotopic (exact) mass is 382 g/mol. The quantitative estimate of drug-likeness (QED) is 0.877. The number of aromatic nitrogens is 1. The van der Waals surface area contributed by atoms with Gasteiger partial charge in [-0.2, -0.15) is 0 Å². The van der Waals surface area contributed by atoms with Crippen molar-refractivity contribution in [1.82, 2.24) is 9.88 Å². The molecule has 2 aromatic rings. The molecule has 2 saturated heterocycles. The minimum Gasteiger partial charge on any atom is -0.378 e. The molecule has 3 heterocycles. The van der Waals surface area contributed by atoms with Crippen molar-refractivity contribution in [1.29, 1.82) is 0 Å². The second-order valence-electron chi connectivity index (χ2n) is 7.40. The van der Waals surface area contributed by atoms with Crippen LogP contribution in [0, 0.1) is 0 Å². The van der Waals surface area contributed by atoms with E-state index in [1.54, 1.807) is 12.3 Å². The van der Waals surface area contributed by atoms with Crippen LogP contribution in [0.5, 0.6) is 0 Å². The molecule has 0 aliphatic carbocycles. The molecule has 0 saturated carbocycles. The first-order valence-electron chi connectivity index (χ1n) is 9.62. The maximum Gasteiger partial charge on any atom is 0.272 e. The van der Waals surface area contributed by atoms with E-state index in [0.717, 1.165) is 17.1 Å². The lowest BCUT2D eigenvalue weighted by molar-refractivity contribution is -0.181. The summed E-state index contributed by atoms with van der Waals surface area (Å²) in [6.45, 7) is 2.53. The molecule has 0 unspecified atom stereocenters. The van der Waals surface area contributed by atoms with Gasteiger partial charge in [0.15, 0.2) is 5.79 Å². The highest BCUT2D eigenvalue weighted by Crippen LogP contribution is 2.31. The SMILES string of the molecule is CN(C)c1ccc(Nc2ccc(C(=O)N3CCC4(CC3)OCCO4)nc2)cc1. The first kappa shape index (κ1) is 18.7. The summed E-state index contributed by atoms with van der Waals surface area (Å²) >= 11 is 0. The van der Waals surface area contributed by atoms with Gasteiger partial charge in [-0.1, -0.05) is 0 Å². The summed E-state index contributed by atoms with van der Waals surface area (Å²) in [6.07, 6.45) is 3.12. The van der Waals surface area contributed by atoms with E-state index >= 15 is 0 Å². The third-order valence-corrected chi connectivity index (χ3v) is 5.28. The minimum absolute atomic E-state index is 0.0465. The van der Waals surface area contributed by atoms with Crippen LogP contribution in [0.2, 0.25) is 0 Å². The van der Waals surface area contributed by atoms with Crippen LogP contribution in [0.1, 0.15) is 23.3 Å². The van der Waals surface area contributed by atoms with Gasteiger partial charge < -0.3 is 24.6 Å². The lowest BCUT2D eigenvalue weighted by Crippen LogP contribution is -2.47. The minimum atomic E-state index is -0.472. The first-order chi connectivity index (χ1) is 13.5. The van der Waals surface area contributed by atoms with E-state index in [1.165, 1.54) is 0 Å². The van der Waals surface area contributed by atoms with Crippen molar-refractivity contribution in [2.45, 2.75) is 18.6 Å². The Morgan fingerprint density at radius 1 is 1.04 bits per heavy atom. The van der Waals surface area contributed by atoms with E-state index in [2.05, 4.69) is 27.3 Å². The van der Waals surface area contributed by atoms with Crippen LogP contribution in [0.15, 0.2) is 42.6 Å². The molecule has 1 spiro atoms. The standard InChI is InChI=1S/C21H26N4O3/c1-24(2)18-6-3-16(4-7-18)23-17-5-8-19(22-15-17)20(26)25-11-9-21(10-12-25)27-13-14-28-21/h3-8,15,23H,9-14H2,1-2H3. The number of anilines is 3. The van der Waals surface area contributed by atoms with Gasteiger partial charge in [0.25, 0.3) is 5.91 Å². The Morgan fingerprint density at radius 3 is 2.25 bits per heavy atom. The Morgan fingerprint density at radius 2 is 1.68 bits per heavy atom. The van der Waals surface area contributed by atoms with Crippen LogP contribution in [0.4, 0.5) is 17.1 Å². The summed E-state index contributed by atoms with van der Waals surface area (Å²) in [5, 5.41) is 3.31. The Labute approximate surface area is 165 Å². The van der Waals surface area contributed by atoms with E-state index < -0.39 is 5.79 Å². The highest BCUT2D eigenvalue weighted by molar-refractivity contribution is 5.92. The van der Waals surface area contributed by atoms with Crippen molar-refractivity contribution >= 4 is 23.0 Å². The lowest BCUT2D eigenvalue weighted by Gasteiger charge is -2.37. The molecular formula is C21H26N4O3. The van der Waals surface area contributed by atoms with Crippen molar-refractivity contribution < 1.29 is 14.3 Å². The molecule has 7 nitrogen and oxygen atoms in total. The van der Waals surface area contributed by atoms with Crippen LogP contribution >= 0.6 is 0 Å². The zero-order valence-corrected chi connectivity index (χ0v) is 16.4. The zero-order chi connectivity index (χ0) is 19.6. The van der Waals surface area contributed by atoms with Gasteiger partial charge in [0.05, 0.1) is 25.1 Å². The van der Waals surface area contributed by atoms with Crippen molar-refractivity contribution in [2.24, 2.45) is 0 Å². The Kier molecular flexibility index (Phi) is 5.19. The van der Waals surface area contributed by atoms with Gasteiger partial charge in [0, 0.05) is 51.4 Å². The predicted molar refractivity (Wildman–Crippen MR) is 108 cm³/mol. The van der Waals surface area contributed by atoms with Gasteiger partial charge in [-0.25, -0.2) is 4.98 Å². The number of ether oxygens (including phenoxy) is 2. The highest BCUT2D eigenvalue weighted by atomic mass is 16.7. The Hall–Kier alpha value is -2.64. The summed E-state index contributed by atoms with van der Waals surface area (Å²) in [5.41, 5.74) is 3.42. The third-order valence-electron chi connectivity index (χ3n) is 5.28. The maximum absolute atomic E-state index is 12.7. The molecule has 1 amide bonds. The molecule has 0 atom stereocenters. The number of pyridine rings is 1. The van der Waals surface area contributed by atoms with E-state index in [1.807, 2.05) is 37.2 Å². The van der Waals surface area contributed by atoms with Gasteiger partial charge in [-0.15, -0.1) is 0 Å². The number of nitrogens with zero attached hydrogens (tertiary/aromatic N) is 3. The molecule has 148 valence electrons. The summed E-state index contributed by atoms with van der Waals surface area (Å²) in [5.74, 6) is -0.519. The Balaban J connectivity index is 1.35. The average molecular weight is 382 g/mol. The molecule has 1 aromatic carbocycles. The molecule has 28 heavy (non-hydrogen) atoms. The van der Waals surface area contributed by atoms with Gasteiger partial charge in [0.1, 0.15) is 5.69 Å². The molecule has 2 aliphatic rings. The zero-order valence-electron chi connectivity index (χ0n) is 16.4. The Bertz CT molecular complexity index is 805. The smallest absolute Gasteiger partial charge is 0.272 e. The summed E-state index contributed by atoms with van der Waals surface area (Å²) in [7, 11) is 4.02. The van der Waals surface area contributed by atoms with Gasteiger partial charge >= 0.3 is 0 Å². The van der Waals surface area contributed by atoms with E-state index in [-0.39, 0.29) is 5.91 Å². The molecule has 0 bridgehead atoms. The van der Waals surface area contributed by atoms with Gasteiger partial charge in [-0.05, 0) is 36.4 Å². The average Bonchev–Trinajstić information content (AvgIpc) is 3.17. The van der Waals surface area contributed by atoms with E-state index in [4.69, 9.17) is 9.47 Å². The highest BCUT2D eigenvalue weighted by Gasteiger charge is 2.40. The number of hydrogen-bond donors (Lipinski definition) is 1. The van der Waals surface area contributed by atoms with Gasteiger partial charge in [-0.3, -0.25) is 4.79 Å². The summed E-state index contributed by atoms with van der Waals surface area (Å²) in [4.78, 5) is 21.0. The lowest BCUT2D eigenvalue weighted by atomic mass is 10.0. The number of nitrogens with one attached hydrogen (secondary N) is 1. The molecule has 2 aliphatic heterocycles. The number of rotatable bonds is 4. The molecule has 1 N–H and O–H groups in total. The normalized spacial score (nSPS) is 18.3. The predicted octanol–water partition coefficient (Wildman–Crippen LogP) is 2.87. The van der Waals surface area contributed by atoms with Crippen molar-refractivity contribution in [3.05, 3.63) is 48.3 Å². The fourth-order valence-electron chi connectivity index (χ4n) is 3.60. The number of amides is 1. The van der Waals surface area contributed by atoms with Crippen molar-refractivity contribution in [2.75, 3.05) is 50.6 Å². The topological polar surface area (TPSA) is 66.9 Å². The molecule has 2 fully saturated rings. The fourth-order valence-corrected chi connectivity index (χ4v) is 3.60. The maximum atomic E-state index is 12.7. The summed E-state index contributed by atoms with van der Waals surface area (Å²) in [6, 6.07) is 11.8. The van der Waals surface area contributed by atoms with Crippen LogP contribution in [0.25, 0.3) is 0 Å². The fraction of sp³-hybridized carbons (Fsp3) is 0.429. The number of likely N-dealkylation sites (tertiary alicyclic amines) is 1. The molecule has 0 radical (unpaired) electrons. The number of piperidine rings is 1. The van der Waals surface area contributed by atoms with E-state index in [9.17, 15) is 4.79 Å². The molecular weight excluding hydrogens is 356 g/mol. The number of hydrogen-bond acceptors (Lipinski definition) is 6. The number of carbonyl (C=O) groups excluding carboxylic acids is 1. The molecule has 7 heteroatoms. The number of benzene rings is 1. The number of carbonyl (C=O) groups is 1. The second-order valence-corrected chi connectivity index (χ2v) is 7.40. The van der Waals surface area contributed by atoms with Crippen molar-refractivity contribution in [3.8, 4) is 0 Å². The van der Waals surface area contributed by atoms with E-state index in [0.29, 0.717) is 44.8 Å². The van der Waals surface area contributed by atoms with Gasteiger partial charge in [0.2, 0.25) is 0 Å². The van der Waals surface area contributed by atoms with Crippen LogP contribution in [0.3, 0.4) is 0 Å². The van der Waals surface area contributed by atoms with Crippen LogP contribution < -0.4 is 10.2 Å². The largest absolute Gasteiger partial charge is 0.378 e. The van der Waals surface area contributed by atoms with Crippen LogP contribution in [-0.4, -0.2) is 62.0 Å². The first-order valence-corrected chi connectivity index (χ1v) is 9.62. The van der Waals surface area contributed by atoms with Crippen molar-refractivity contribution in [3.63, 3.8) is 0 Å². The summed E-state index contributed by atoms with van der Waals surface area (Å²) < 4.78 is 11.4. The molecule has 1 aromatic heterocycles. The molecule has 4 rings (SSSR count). The third kappa shape index (κ3) is 3.95. The van der Waals surface area contributed by atoms with Crippen LogP contribution in [-0.2, 0) is 9.47 Å².